The van der Waals surface area contributed by atoms with Gasteiger partial charge < -0.3 is 10.1 Å². The molecular formula is C13H15ClFNO2. The molecule has 1 N–H and O–H groups in total. The summed E-state index contributed by atoms with van der Waals surface area (Å²) in [5.41, 5.74) is -0.505. The number of hydrogen-bond acceptors (Lipinski definition) is 2. The van der Waals surface area contributed by atoms with Crippen molar-refractivity contribution in [2.45, 2.75) is 31.9 Å². The van der Waals surface area contributed by atoms with Gasteiger partial charge in [-0.15, -0.1) is 0 Å². The standard InChI is InChI=1S/C13H15ClFNO2/c1-8-13(2,5-6-18-8)16-12(17)10-7-9(14)3-4-11(10)15/h3-4,7-8H,5-6H2,1-2H3,(H,16,17). The minimum atomic E-state index is -0.577. The van der Waals surface area contributed by atoms with Crippen LogP contribution in [-0.4, -0.2) is 24.2 Å². The largest absolute Gasteiger partial charge is 0.376 e. The SMILES string of the molecule is CC1OCCC1(C)NC(=O)c1cc(Cl)ccc1F. The zero-order valence-electron chi connectivity index (χ0n) is 10.3. The molecule has 1 aliphatic heterocycles. The Morgan fingerprint density at radius 1 is 1.61 bits per heavy atom. The van der Waals surface area contributed by atoms with Gasteiger partial charge in [0.1, 0.15) is 5.82 Å². The lowest BCUT2D eigenvalue weighted by Gasteiger charge is -2.29. The van der Waals surface area contributed by atoms with Gasteiger partial charge in [-0.25, -0.2) is 4.39 Å². The fraction of sp³-hybridized carbons (Fsp3) is 0.462. The highest BCUT2D eigenvalue weighted by atomic mass is 35.5. The first-order chi connectivity index (χ1) is 8.42. The molecule has 1 saturated heterocycles. The molecule has 0 bridgehead atoms. The second-order valence-corrected chi connectivity index (χ2v) is 5.20. The van der Waals surface area contributed by atoms with Gasteiger partial charge >= 0.3 is 0 Å². The highest BCUT2D eigenvalue weighted by molar-refractivity contribution is 6.31. The van der Waals surface area contributed by atoms with Crippen molar-refractivity contribution in [1.29, 1.82) is 0 Å². The van der Waals surface area contributed by atoms with E-state index in [9.17, 15) is 9.18 Å². The summed E-state index contributed by atoms with van der Waals surface area (Å²) in [6.07, 6.45) is 0.617. The zero-order chi connectivity index (χ0) is 13.3. The monoisotopic (exact) mass is 271 g/mol. The van der Waals surface area contributed by atoms with Crippen molar-refractivity contribution >= 4 is 17.5 Å². The first-order valence-corrected chi connectivity index (χ1v) is 6.19. The number of rotatable bonds is 2. The van der Waals surface area contributed by atoms with Crippen LogP contribution in [0.1, 0.15) is 30.6 Å². The van der Waals surface area contributed by atoms with E-state index in [2.05, 4.69) is 5.32 Å². The molecule has 0 radical (unpaired) electrons. The van der Waals surface area contributed by atoms with E-state index in [1.807, 2.05) is 13.8 Å². The first kappa shape index (κ1) is 13.3. The molecule has 98 valence electrons. The number of carbonyl (C=O) groups is 1. The fourth-order valence-electron chi connectivity index (χ4n) is 2.00. The lowest BCUT2D eigenvalue weighted by molar-refractivity contribution is 0.0724. The highest BCUT2D eigenvalue weighted by Gasteiger charge is 2.38. The Morgan fingerprint density at radius 3 is 2.94 bits per heavy atom. The number of halogens is 2. The van der Waals surface area contributed by atoms with Crippen LogP contribution in [0.5, 0.6) is 0 Å². The number of nitrogens with one attached hydrogen (secondary N) is 1. The average Bonchev–Trinajstić information content (AvgIpc) is 2.62. The predicted octanol–water partition coefficient (Wildman–Crippen LogP) is 2.78. The van der Waals surface area contributed by atoms with Crippen LogP contribution in [0.4, 0.5) is 4.39 Å². The molecule has 2 rings (SSSR count). The van der Waals surface area contributed by atoms with Crippen molar-refractivity contribution in [1.82, 2.24) is 5.32 Å². The zero-order valence-corrected chi connectivity index (χ0v) is 11.1. The van der Waals surface area contributed by atoms with Gasteiger partial charge in [0.15, 0.2) is 0 Å². The second kappa shape index (κ2) is 4.86. The van der Waals surface area contributed by atoms with Gasteiger partial charge in [-0.3, -0.25) is 4.79 Å². The Kier molecular flexibility index (Phi) is 3.59. The van der Waals surface area contributed by atoms with E-state index in [0.29, 0.717) is 18.1 Å². The van der Waals surface area contributed by atoms with Gasteiger partial charge in [0.25, 0.3) is 5.91 Å². The van der Waals surface area contributed by atoms with Gasteiger partial charge in [0, 0.05) is 11.6 Å². The molecule has 1 amide bonds. The molecule has 5 heteroatoms. The maximum atomic E-state index is 13.6. The van der Waals surface area contributed by atoms with E-state index in [1.165, 1.54) is 18.2 Å². The van der Waals surface area contributed by atoms with E-state index in [0.717, 1.165) is 0 Å². The molecular weight excluding hydrogens is 257 g/mol. The summed E-state index contributed by atoms with van der Waals surface area (Å²) in [7, 11) is 0. The molecule has 2 atom stereocenters. The van der Waals surface area contributed by atoms with Gasteiger partial charge in [-0.1, -0.05) is 11.6 Å². The summed E-state index contributed by atoms with van der Waals surface area (Å²) in [5, 5.41) is 3.16. The van der Waals surface area contributed by atoms with Crippen LogP contribution in [0.2, 0.25) is 5.02 Å². The number of benzene rings is 1. The Balaban J connectivity index is 2.19. The molecule has 18 heavy (non-hydrogen) atoms. The van der Waals surface area contributed by atoms with Gasteiger partial charge in [-0.05, 0) is 38.5 Å². The van der Waals surface area contributed by atoms with E-state index in [-0.39, 0.29) is 11.7 Å². The number of hydrogen-bond donors (Lipinski definition) is 1. The van der Waals surface area contributed by atoms with E-state index in [1.54, 1.807) is 0 Å². The summed E-state index contributed by atoms with van der Waals surface area (Å²) in [4.78, 5) is 12.1. The molecule has 0 spiro atoms. The van der Waals surface area contributed by atoms with Crippen LogP contribution in [0.3, 0.4) is 0 Å². The van der Waals surface area contributed by atoms with Crippen molar-refractivity contribution in [3.05, 3.63) is 34.6 Å². The van der Waals surface area contributed by atoms with E-state index in [4.69, 9.17) is 16.3 Å². The number of ether oxygens (including phenoxy) is 1. The molecule has 1 aromatic carbocycles. The van der Waals surface area contributed by atoms with E-state index < -0.39 is 17.3 Å². The van der Waals surface area contributed by atoms with Crippen molar-refractivity contribution in [3.8, 4) is 0 Å². The topological polar surface area (TPSA) is 38.3 Å². The molecule has 2 unspecified atom stereocenters. The highest BCUT2D eigenvalue weighted by Crippen LogP contribution is 2.26. The Hall–Kier alpha value is -1.13. The second-order valence-electron chi connectivity index (χ2n) is 4.76. The normalized spacial score (nSPS) is 27.2. The van der Waals surface area contributed by atoms with Crippen molar-refractivity contribution < 1.29 is 13.9 Å². The third kappa shape index (κ3) is 2.49. The molecule has 0 saturated carbocycles. The van der Waals surface area contributed by atoms with Gasteiger partial charge in [0.05, 0.1) is 17.2 Å². The first-order valence-electron chi connectivity index (χ1n) is 5.81. The summed E-state index contributed by atoms with van der Waals surface area (Å²) >= 11 is 5.77. The minimum absolute atomic E-state index is 0.0391. The van der Waals surface area contributed by atoms with Crippen molar-refractivity contribution in [3.63, 3.8) is 0 Å². The Bertz CT molecular complexity index is 480. The third-order valence-corrected chi connectivity index (χ3v) is 3.69. The molecule has 1 fully saturated rings. The molecule has 0 aliphatic carbocycles. The molecule has 1 aliphatic rings. The Labute approximate surface area is 110 Å². The van der Waals surface area contributed by atoms with Crippen LogP contribution in [-0.2, 0) is 4.74 Å². The summed E-state index contributed by atoms with van der Waals surface area (Å²) in [6.45, 7) is 4.38. The van der Waals surface area contributed by atoms with Crippen LogP contribution < -0.4 is 5.32 Å². The maximum absolute atomic E-state index is 13.6. The fourth-order valence-corrected chi connectivity index (χ4v) is 2.17. The smallest absolute Gasteiger partial charge is 0.254 e. The van der Waals surface area contributed by atoms with Crippen LogP contribution in [0.25, 0.3) is 0 Å². The maximum Gasteiger partial charge on any atom is 0.254 e. The summed E-state index contributed by atoms with van der Waals surface area (Å²) in [5.74, 6) is -1.04. The molecule has 1 aromatic rings. The lowest BCUT2D eigenvalue weighted by atomic mass is 9.94. The summed E-state index contributed by atoms with van der Waals surface area (Å²) < 4.78 is 19.0. The van der Waals surface area contributed by atoms with Crippen LogP contribution in [0.15, 0.2) is 18.2 Å². The number of carbonyl (C=O) groups excluding carboxylic acids is 1. The molecule has 1 heterocycles. The molecule has 0 aromatic heterocycles. The lowest BCUT2D eigenvalue weighted by Crippen LogP contribution is -2.50. The Morgan fingerprint density at radius 2 is 2.33 bits per heavy atom. The van der Waals surface area contributed by atoms with Crippen LogP contribution in [0, 0.1) is 5.82 Å². The van der Waals surface area contributed by atoms with Gasteiger partial charge in [0.2, 0.25) is 0 Å². The minimum Gasteiger partial charge on any atom is -0.376 e. The van der Waals surface area contributed by atoms with Crippen molar-refractivity contribution in [2.24, 2.45) is 0 Å². The average molecular weight is 272 g/mol. The van der Waals surface area contributed by atoms with Crippen molar-refractivity contribution in [2.75, 3.05) is 6.61 Å². The third-order valence-electron chi connectivity index (χ3n) is 3.46. The van der Waals surface area contributed by atoms with Crippen LogP contribution >= 0.6 is 11.6 Å². The van der Waals surface area contributed by atoms with Gasteiger partial charge in [-0.2, -0.15) is 0 Å². The van der Waals surface area contributed by atoms with E-state index >= 15 is 0 Å². The quantitative estimate of drug-likeness (QED) is 0.898. The number of amides is 1. The molecule has 3 nitrogen and oxygen atoms in total. The summed E-state index contributed by atoms with van der Waals surface area (Å²) in [6, 6.07) is 3.93. The predicted molar refractivity (Wildman–Crippen MR) is 67.3 cm³/mol.